The fraction of sp³-hybridized carbons (Fsp3) is 0.357. The molecule has 5 heteroatoms. The van der Waals surface area contributed by atoms with Gasteiger partial charge in [0.2, 0.25) is 0 Å². The zero-order valence-corrected chi connectivity index (χ0v) is 11.2. The molecule has 1 rings (SSSR count). The first-order valence-electron chi connectivity index (χ1n) is 5.79. The molecule has 19 heavy (non-hydrogen) atoms. The van der Waals surface area contributed by atoms with E-state index in [2.05, 4.69) is 18.1 Å². The van der Waals surface area contributed by atoms with Crippen LogP contribution in [0, 0.1) is 6.92 Å². The lowest BCUT2D eigenvalue weighted by atomic mass is 10.1. The molecule has 0 atom stereocenters. The Morgan fingerprint density at radius 2 is 1.79 bits per heavy atom. The maximum Gasteiger partial charge on any atom is 0.142 e. The van der Waals surface area contributed by atoms with Crippen LogP contribution in [0.4, 0.5) is 0 Å². The number of aromatic hydroxyl groups is 1. The molecule has 0 fully saturated rings. The van der Waals surface area contributed by atoms with E-state index in [-0.39, 0.29) is 19.0 Å². The van der Waals surface area contributed by atoms with Crippen LogP contribution in [0.15, 0.2) is 31.5 Å². The third kappa shape index (κ3) is 6.15. The first-order valence-corrected chi connectivity index (χ1v) is 5.79. The number of aryl methyl sites for hydroxylation is 1. The summed E-state index contributed by atoms with van der Waals surface area (Å²) in [5.74, 6) is -0.0379. The minimum absolute atomic E-state index is 0.0379. The average molecular weight is 267 g/mol. The van der Waals surface area contributed by atoms with E-state index < -0.39 is 0 Å². The number of nitrogens with zero attached hydrogens (tertiary/aromatic N) is 1. The molecule has 1 aromatic rings. The third-order valence-corrected chi connectivity index (χ3v) is 2.23. The number of pyridine rings is 1. The molecule has 1 aromatic heterocycles. The topological polar surface area (TPSA) is 82.8 Å². The van der Waals surface area contributed by atoms with Crippen LogP contribution in [0.5, 0.6) is 5.75 Å². The van der Waals surface area contributed by atoms with Crippen LogP contribution in [0.1, 0.15) is 16.8 Å². The fourth-order valence-corrected chi connectivity index (χ4v) is 1.23. The van der Waals surface area contributed by atoms with E-state index in [1.54, 1.807) is 19.1 Å². The van der Waals surface area contributed by atoms with E-state index in [1.807, 2.05) is 0 Å². The Morgan fingerprint density at radius 3 is 2.21 bits per heavy atom. The van der Waals surface area contributed by atoms with E-state index in [0.29, 0.717) is 30.0 Å². The van der Waals surface area contributed by atoms with Crippen LogP contribution >= 0.6 is 0 Å². The van der Waals surface area contributed by atoms with Crippen molar-refractivity contribution >= 4 is 0 Å². The zero-order valence-electron chi connectivity index (χ0n) is 11.2. The highest BCUT2D eigenvalue weighted by molar-refractivity contribution is 5.39. The van der Waals surface area contributed by atoms with Gasteiger partial charge >= 0.3 is 0 Å². The van der Waals surface area contributed by atoms with Gasteiger partial charge in [0.05, 0.1) is 32.1 Å². The lowest BCUT2D eigenvalue weighted by molar-refractivity contribution is 0.194. The molecule has 0 saturated carbocycles. The molecule has 0 aliphatic rings. The van der Waals surface area contributed by atoms with E-state index in [4.69, 9.17) is 14.9 Å². The fourth-order valence-electron chi connectivity index (χ4n) is 1.23. The Hall–Kier alpha value is -1.69. The van der Waals surface area contributed by atoms with Crippen molar-refractivity contribution in [2.75, 3.05) is 13.2 Å². The quantitative estimate of drug-likeness (QED) is 0.537. The van der Waals surface area contributed by atoms with Gasteiger partial charge in [-0.25, -0.2) is 0 Å². The van der Waals surface area contributed by atoms with Crippen molar-refractivity contribution < 1.29 is 20.1 Å². The van der Waals surface area contributed by atoms with Crippen LogP contribution in [0.3, 0.4) is 0 Å². The highest BCUT2D eigenvalue weighted by Gasteiger charge is 2.09. The van der Waals surface area contributed by atoms with Gasteiger partial charge in [0.25, 0.3) is 0 Å². The predicted molar refractivity (Wildman–Crippen MR) is 73.7 cm³/mol. The van der Waals surface area contributed by atoms with Crippen molar-refractivity contribution in [2.45, 2.75) is 20.1 Å². The number of hydrogen-bond donors (Lipinski definition) is 3. The predicted octanol–water partition coefficient (Wildman–Crippen LogP) is 1.46. The minimum atomic E-state index is -0.287. The van der Waals surface area contributed by atoms with E-state index >= 15 is 0 Å². The second-order valence-corrected chi connectivity index (χ2v) is 3.63. The number of rotatable bonds is 6. The molecule has 0 spiro atoms. The van der Waals surface area contributed by atoms with Crippen molar-refractivity contribution in [3.05, 3.63) is 48.3 Å². The molecule has 0 aliphatic heterocycles. The molecule has 0 unspecified atom stereocenters. The first kappa shape index (κ1) is 17.3. The van der Waals surface area contributed by atoms with Gasteiger partial charge in [-0.2, -0.15) is 0 Å². The summed E-state index contributed by atoms with van der Waals surface area (Å²) in [7, 11) is 0. The number of aliphatic hydroxyl groups excluding tert-OH is 2. The molecule has 1 heterocycles. The monoisotopic (exact) mass is 267 g/mol. The average Bonchev–Trinajstić information content (AvgIpc) is 2.43. The second kappa shape index (κ2) is 10.3. The summed E-state index contributed by atoms with van der Waals surface area (Å²) >= 11 is 0. The van der Waals surface area contributed by atoms with Crippen LogP contribution < -0.4 is 0 Å². The molecule has 0 aromatic carbocycles. The van der Waals surface area contributed by atoms with Gasteiger partial charge in [0.1, 0.15) is 5.75 Å². The molecule has 3 N–H and O–H groups in total. The number of ether oxygens (including phenoxy) is 1. The van der Waals surface area contributed by atoms with E-state index in [9.17, 15) is 5.11 Å². The van der Waals surface area contributed by atoms with Crippen LogP contribution in [0.2, 0.25) is 0 Å². The molecule has 0 bridgehead atoms. The normalized spacial score (nSPS) is 9.42. The van der Waals surface area contributed by atoms with Crippen molar-refractivity contribution in [3.63, 3.8) is 0 Å². The highest BCUT2D eigenvalue weighted by Crippen LogP contribution is 2.23. The smallest absolute Gasteiger partial charge is 0.142 e. The Balaban J connectivity index is 0.000000399. The van der Waals surface area contributed by atoms with Crippen molar-refractivity contribution in [2.24, 2.45) is 0 Å². The van der Waals surface area contributed by atoms with Crippen molar-refractivity contribution in [1.82, 2.24) is 4.98 Å². The summed E-state index contributed by atoms with van der Waals surface area (Å²) in [5.41, 5.74) is 1.27. The Kier molecular flexibility index (Phi) is 9.34. The summed E-state index contributed by atoms with van der Waals surface area (Å²) in [6.45, 7) is 9.30. The molecule has 0 saturated heterocycles. The van der Waals surface area contributed by atoms with E-state index in [1.165, 1.54) is 6.20 Å². The van der Waals surface area contributed by atoms with Crippen molar-refractivity contribution in [1.29, 1.82) is 0 Å². The molecule has 0 aliphatic carbocycles. The minimum Gasteiger partial charge on any atom is -0.506 e. The van der Waals surface area contributed by atoms with Gasteiger partial charge in [-0.15, -0.1) is 13.2 Å². The third-order valence-electron chi connectivity index (χ3n) is 2.23. The summed E-state index contributed by atoms with van der Waals surface area (Å²) in [6.07, 6.45) is 4.87. The summed E-state index contributed by atoms with van der Waals surface area (Å²) in [5, 5.41) is 27.0. The van der Waals surface area contributed by atoms with E-state index in [0.717, 1.165) is 0 Å². The van der Waals surface area contributed by atoms with Gasteiger partial charge in [0, 0.05) is 17.3 Å². The molecular formula is C14H21NO4. The lowest BCUT2D eigenvalue weighted by Crippen LogP contribution is -1.98. The highest BCUT2D eigenvalue weighted by atomic mass is 16.5. The maximum atomic E-state index is 9.38. The Labute approximate surface area is 113 Å². The van der Waals surface area contributed by atoms with Gasteiger partial charge in [0.15, 0.2) is 0 Å². The molecular weight excluding hydrogens is 246 g/mol. The van der Waals surface area contributed by atoms with Crippen LogP contribution in [-0.2, 0) is 18.0 Å². The zero-order chi connectivity index (χ0) is 14.7. The second-order valence-electron chi connectivity index (χ2n) is 3.63. The van der Waals surface area contributed by atoms with Gasteiger partial charge < -0.3 is 20.1 Å². The lowest BCUT2D eigenvalue weighted by Gasteiger charge is -2.07. The van der Waals surface area contributed by atoms with Crippen molar-refractivity contribution in [3.8, 4) is 5.75 Å². The summed E-state index contributed by atoms with van der Waals surface area (Å²) < 4.78 is 4.90. The number of aliphatic hydroxyl groups is 2. The van der Waals surface area contributed by atoms with Crippen LogP contribution in [0.25, 0.3) is 0 Å². The van der Waals surface area contributed by atoms with Gasteiger partial charge in [-0.3, -0.25) is 4.98 Å². The Bertz CT molecular complexity index is 397. The maximum absolute atomic E-state index is 9.38. The Morgan fingerprint density at radius 1 is 1.21 bits per heavy atom. The van der Waals surface area contributed by atoms with Crippen LogP contribution in [-0.4, -0.2) is 33.5 Å². The largest absolute Gasteiger partial charge is 0.506 e. The summed E-state index contributed by atoms with van der Waals surface area (Å²) in [6, 6.07) is 0. The molecule has 106 valence electrons. The SMILES string of the molecule is C=CCOCC=C.Cc1ncc(CO)c(CO)c1O. The van der Waals surface area contributed by atoms with Gasteiger partial charge in [-0.05, 0) is 6.92 Å². The standard InChI is InChI=1S/C8H11NO3.C6H10O/c1-5-8(12)7(4-11)6(3-10)2-9-5;1-3-5-7-6-4-2/h2,10-12H,3-4H2,1H3;3-4H,1-2,5-6H2. The summed E-state index contributed by atoms with van der Waals surface area (Å²) in [4.78, 5) is 3.84. The molecule has 0 amide bonds. The molecule has 5 nitrogen and oxygen atoms in total. The first-order chi connectivity index (χ1) is 9.12. The number of aromatic nitrogens is 1. The number of hydrogen-bond acceptors (Lipinski definition) is 5. The van der Waals surface area contributed by atoms with Gasteiger partial charge in [-0.1, -0.05) is 12.2 Å². The molecule has 0 radical (unpaired) electrons.